The SMILES string of the molecule is CCCC(=O)C1=C(C(C)C)OC(C(C)C)N1. The van der Waals surface area contributed by atoms with Gasteiger partial charge in [-0.3, -0.25) is 4.79 Å². The number of ether oxygens (including phenoxy) is 1. The first-order valence-corrected chi connectivity index (χ1v) is 6.17. The van der Waals surface area contributed by atoms with E-state index in [0.29, 0.717) is 18.0 Å². The number of Topliss-reactive ketones (excluding diaryl/α,β-unsaturated/α-hetero) is 1. The second-order valence-electron chi connectivity index (χ2n) is 4.99. The molecule has 0 saturated heterocycles. The van der Waals surface area contributed by atoms with Crippen LogP contribution in [-0.4, -0.2) is 12.0 Å². The van der Waals surface area contributed by atoms with Crippen LogP contribution in [0.1, 0.15) is 47.5 Å². The van der Waals surface area contributed by atoms with Gasteiger partial charge in [0.15, 0.2) is 12.0 Å². The molecule has 1 atom stereocenters. The Morgan fingerprint density at radius 1 is 1.38 bits per heavy atom. The maximum absolute atomic E-state index is 11.9. The third kappa shape index (κ3) is 2.77. The number of allylic oxidation sites excluding steroid dienone is 2. The molecule has 0 aromatic rings. The number of nitrogens with one attached hydrogen (secondary N) is 1. The van der Waals surface area contributed by atoms with Gasteiger partial charge in [-0.1, -0.05) is 34.6 Å². The van der Waals surface area contributed by atoms with E-state index in [1.165, 1.54) is 0 Å². The molecule has 1 heterocycles. The molecule has 1 aliphatic rings. The van der Waals surface area contributed by atoms with E-state index in [1.807, 2.05) is 6.92 Å². The van der Waals surface area contributed by atoms with Crippen molar-refractivity contribution in [2.45, 2.75) is 53.7 Å². The lowest BCUT2D eigenvalue weighted by atomic mass is 10.1. The minimum atomic E-state index is -0.0480. The highest BCUT2D eigenvalue weighted by molar-refractivity contribution is 5.95. The summed E-state index contributed by atoms with van der Waals surface area (Å²) in [6.45, 7) is 10.3. The van der Waals surface area contributed by atoms with Crippen molar-refractivity contribution in [3.63, 3.8) is 0 Å². The van der Waals surface area contributed by atoms with E-state index in [1.54, 1.807) is 0 Å². The maximum Gasteiger partial charge on any atom is 0.182 e. The van der Waals surface area contributed by atoms with Crippen molar-refractivity contribution < 1.29 is 9.53 Å². The highest BCUT2D eigenvalue weighted by Crippen LogP contribution is 2.27. The van der Waals surface area contributed by atoms with Crippen molar-refractivity contribution >= 4 is 5.78 Å². The summed E-state index contributed by atoms with van der Waals surface area (Å²) < 4.78 is 5.81. The maximum atomic E-state index is 11.9. The van der Waals surface area contributed by atoms with E-state index < -0.39 is 0 Å². The van der Waals surface area contributed by atoms with Gasteiger partial charge < -0.3 is 10.1 Å². The van der Waals surface area contributed by atoms with Crippen LogP contribution in [0.3, 0.4) is 0 Å². The molecule has 92 valence electrons. The Bertz CT molecular complexity index is 292. The van der Waals surface area contributed by atoms with Gasteiger partial charge in [-0.25, -0.2) is 0 Å². The van der Waals surface area contributed by atoms with Crippen molar-refractivity contribution in [2.75, 3.05) is 0 Å². The molecule has 0 aliphatic carbocycles. The van der Waals surface area contributed by atoms with Crippen LogP contribution in [0.4, 0.5) is 0 Å². The molecular weight excluding hydrogens is 202 g/mol. The second-order valence-corrected chi connectivity index (χ2v) is 4.99. The molecule has 0 spiro atoms. The topological polar surface area (TPSA) is 38.3 Å². The lowest BCUT2D eigenvalue weighted by molar-refractivity contribution is -0.116. The Hall–Kier alpha value is -0.990. The zero-order valence-electron chi connectivity index (χ0n) is 11.0. The second kappa shape index (κ2) is 5.37. The first-order valence-electron chi connectivity index (χ1n) is 6.17. The summed E-state index contributed by atoms with van der Waals surface area (Å²) in [6, 6.07) is 0. The molecule has 0 aromatic carbocycles. The average molecular weight is 225 g/mol. The molecular formula is C13H23NO2. The van der Waals surface area contributed by atoms with E-state index in [0.717, 1.165) is 12.2 Å². The number of hydrogen-bond donors (Lipinski definition) is 1. The molecule has 0 radical (unpaired) electrons. The van der Waals surface area contributed by atoms with Gasteiger partial charge in [0.2, 0.25) is 0 Å². The normalized spacial score (nSPS) is 20.3. The van der Waals surface area contributed by atoms with E-state index in [2.05, 4.69) is 33.0 Å². The van der Waals surface area contributed by atoms with Crippen LogP contribution in [0.2, 0.25) is 0 Å². The molecule has 3 heteroatoms. The number of ketones is 1. The third-order valence-electron chi connectivity index (χ3n) is 2.67. The van der Waals surface area contributed by atoms with Crippen molar-refractivity contribution in [1.82, 2.24) is 5.32 Å². The van der Waals surface area contributed by atoms with Gasteiger partial charge in [-0.2, -0.15) is 0 Å². The molecule has 16 heavy (non-hydrogen) atoms. The van der Waals surface area contributed by atoms with Gasteiger partial charge >= 0.3 is 0 Å². The fourth-order valence-corrected chi connectivity index (χ4v) is 1.74. The Morgan fingerprint density at radius 2 is 2.00 bits per heavy atom. The van der Waals surface area contributed by atoms with Crippen molar-refractivity contribution in [1.29, 1.82) is 0 Å². The Kier molecular flexibility index (Phi) is 4.39. The summed E-state index contributed by atoms with van der Waals surface area (Å²) in [5.74, 6) is 1.62. The predicted octanol–water partition coefficient (Wildman–Crippen LogP) is 2.83. The third-order valence-corrected chi connectivity index (χ3v) is 2.67. The number of rotatable bonds is 5. The van der Waals surface area contributed by atoms with Gasteiger partial charge in [-0.05, 0) is 6.42 Å². The molecule has 1 rings (SSSR count). The van der Waals surface area contributed by atoms with Gasteiger partial charge in [-0.15, -0.1) is 0 Å². The largest absolute Gasteiger partial charge is 0.472 e. The highest BCUT2D eigenvalue weighted by Gasteiger charge is 2.31. The fraction of sp³-hybridized carbons (Fsp3) is 0.769. The van der Waals surface area contributed by atoms with E-state index in [9.17, 15) is 4.79 Å². The predicted molar refractivity (Wildman–Crippen MR) is 64.6 cm³/mol. The summed E-state index contributed by atoms with van der Waals surface area (Å²) >= 11 is 0. The zero-order valence-corrected chi connectivity index (χ0v) is 11.0. The van der Waals surface area contributed by atoms with Crippen molar-refractivity contribution in [3.05, 3.63) is 11.5 Å². The minimum absolute atomic E-state index is 0.0480. The van der Waals surface area contributed by atoms with Crippen molar-refractivity contribution in [3.8, 4) is 0 Å². The lowest BCUT2D eigenvalue weighted by Gasteiger charge is -2.17. The van der Waals surface area contributed by atoms with Gasteiger partial charge in [0.1, 0.15) is 11.5 Å². The molecule has 1 aliphatic heterocycles. The lowest BCUT2D eigenvalue weighted by Crippen LogP contribution is -2.31. The molecule has 1 N–H and O–H groups in total. The van der Waals surface area contributed by atoms with Crippen LogP contribution in [-0.2, 0) is 9.53 Å². The van der Waals surface area contributed by atoms with Gasteiger partial charge in [0.05, 0.1) is 0 Å². The van der Waals surface area contributed by atoms with Crippen LogP contribution >= 0.6 is 0 Å². The summed E-state index contributed by atoms with van der Waals surface area (Å²) in [5.41, 5.74) is 0.704. The summed E-state index contributed by atoms with van der Waals surface area (Å²) in [6.07, 6.45) is 1.42. The van der Waals surface area contributed by atoms with Crippen LogP contribution in [0, 0.1) is 11.8 Å². The smallest absolute Gasteiger partial charge is 0.182 e. The Morgan fingerprint density at radius 3 is 2.44 bits per heavy atom. The van der Waals surface area contributed by atoms with E-state index in [-0.39, 0.29) is 17.9 Å². The summed E-state index contributed by atoms with van der Waals surface area (Å²) in [5, 5.41) is 3.21. The quantitative estimate of drug-likeness (QED) is 0.782. The summed E-state index contributed by atoms with van der Waals surface area (Å²) in [7, 11) is 0. The van der Waals surface area contributed by atoms with Crippen LogP contribution < -0.4 is 5.32 Å². The van der Waals surface area contributed by atoms with E-state index in [4.69, 9.17) is 4.74 Å². The van der Waals surface area contributed by atoms with Crippen LogP contribution in [0.25, 0.3) is 0 Å². The molecule has 1 unspecified atom stereocenters. The van der Waals surface area contributed by atoms with Crippen LogP contribution in [0.15, 0.2) is 11.5 Å². The van der Waals surface area contributed by atoms with Gasteiger partial charge in [0.25, 0.3) is 0 Å². The number of carbonyl (C=O) groups is 1. The zero-order chi connectivity index (χ0) is 12.3. The first kappa shape index (κ1) is 13.1. The van der Waals surface area contributed by atoms with E-state index >= 15 is 0 Å². The molecule has 0 amide bonds. The minimum Gasteiger partial charge on any atom is -0.472 e. The van der Waals surface area contributed by atoms with Crippen molar-refractivity contribution in [2.24, 2.45) is 11.8 Å². The standard InChI is InChI=1S/C13H23NO2/c1-6-7-10(15)11-12(8(2)3)16-13(14-11)9(4)5/h8-9,13-14H,6-7H2,1-5H3. The number of carbonyl (C=O) groups excluding carboxylic acids is 1. The monoisotopic (exact) mass is 225 g/mol. The Balaban J connectivity index is 2.83. The summed E-state index contributed by atoms with van der Waals surface area (Å²) in [4.78, 5) is 11.9. The van der Waals surface area contributed by atoms with Gasteiger partial charge in [0, 0.05) is 18.3 Å². The fourth-order valence-electron chi connectivity index (χ4n) is 1.74. The van der Waals surface area contributed by atoms with Crippen LogP contribution in [0.5, 0.6) is 0 Å². The highest BCUT2D eigenvalue weighted by atomic mass is 16.5. The molecule has 3 nitrogen and oxygen atoms in total. The molecule has 0 fully saturated rings. The first-order chi connectivity index (χ1) is 7.47. The average Bonchev–Trinajstić information content (AvgIpc) is 2.62. The molecule has 0 bridgehead atoms. The molecule has 0 saturated carbocycles. The Labute approximate surface area is 98.2 Å². The number of hydrogen-bond acceptors (Lipinski definition) is 3. The molecule has 0 aromatic heterocycles.